The normalized spacial score (nSPS) is 21.0. The number of β-lactam (4-membered cyclic amide) rings is 1. The minimum Gasteiger partial charge on any atom is -0.480 e. The van der Waals surface area contributed by atoms with Gasteiger partial charge in [0.05, 0.1) is 12.3 Å². The molecular weight excluding hydrogens is 544 g/mol. The number of benzene rings is 2. The third-order valence-corrected chi connectivity index (χ3v) is 9.30. The van der Waals surface area contributed by atoms with Crippen molar-refractivity contribution in [1.82, 2.24) is 20.0 Å². The lowest BCUT2D eigenvalue weighted by atomic mass is 9.78. The van der Waals surface area contributed by atoms with Gasteiger partial charge in [0, 0.05) is 26.2 Å². The van der Waals surface area contributed by atoms with Crippen molar-refractivity contribution in [2.45, 2.75) is 64.3 Å². The molecule has 0 aliphatic carbocycles. The molecule has 43 heavy (non-hydrogen) atoms. The summed E-state index contributed by atoms with van der Waals surface area (Å²) in [6, 6.07) is 15.3. The molecule has 3 saturated heterocycles. The van der Waals surface area contributed by atoms with Gasteiger partial charge in [0.2, 0.25) is 11.8 Å². The van der Waals surface area contributed by atoms with Gasteiger partial charge >= 0.3 is 12.0 Å². The molecule has 0 spiro atoms. The van der Waals surface area contributed by atoms with Gasteiger partial charge in [0.25, 0.3) is 0 Å². The molecule has 3 aliphatic heterocycles. The molecule has 9 nitrogen and oxygen atoms in total. The average molecular weight is 589 g/mol. The lowest BCUT2D eigenvalue weighted by Crippen LogP contribution is -2.69. The first kappa shape index (κ1) is 30.7. The Morgan fingerprint density at radius 1 is 0.814 bits per heavy atom. The highest BCUT2D eigenvalue weighted by Crippen LogP contribution is 2.35. The van der Waals surface area contributed by atoms with Gasteiger partial charge in [-0.1, -0.05) is 54.1 Å². The molecule has 0 saturated carbocycles. The smallest absolute Gasteiger partial charge is 0.327 e. The second-order valence-corrected chi connectivity index (χ2v) is 12.4. The van der Waals surface area contributed by atoms with Crippen molar-refractivity contribution in [2.24, 2.45) is 11.8 Å². The Hall–Kier alpha value is -3.72. The number of urea groups is 1. The van der Waals surface area contributed by atoms with Crippen molar-refractivity contribution in [1.29, 1.82) is 0 Å². The number of carboxylic acid groups (broad SMARTS) is 1. The molecule has 0 unspecified atom stereocenters. The second-order valence-electron chi connectivity index (χ2n) is 12.4. The van der Waals surface area contributed by atoms with Gasteiger partial charge in [-0.2, -0.15) is 0 Å². The molecule has 5 rings (SSSR count). The fourth-order valence-corrected chi connectivity index (χ4v) is 6.57. The zero-order valence-electron chi connectivity index (χ0n) is 25.2. The number of aryl methyl sites for hydroxylation is 3. The highest BCUT2D eigenvalue weighted by Gasteiger charge is 2.56. The molecule has 3 aliphatic rings. The van der Waals surface area contributed by atoms with Gasteiger partial charge in [-0.05, 0) is 87.6 Å². The van der Waals surface area contributed by atoms with E-state index in [4.69, 9.17) is 0 Å². The molecule has 2 aromatic rings. The van der Waals surface area contributed by atoms with Crippen molar-refractivity contribution in [3.63, 3.8) is 0 Å². The average Bonchev–Trinajstić information content (AvgIpc) is 3.02. The molecule has 0 aromatic heterocycles. The molecule has 230 valence electrons. The maximum atomic E-state index is 13.2. The molecule has 3 heterocycles. The van der Waals surface area contributed by atoms with Crippen LogP contribution in [0.2, 0.25) is 0 Å². The summed E-state index contributed by atoms with van der Waals surface area (Å²) in [5.74, 6) is -1.85. The third kappa shape index (κ3) is 7.63. The van der Waals surface area contributed by atoms with E-state index in [1.54, 1.807) is 4.90 Å². The summed E-state index contributed by atoms with van der Waals surface area (Å²) in [5.41, 5.74) is 4.89. The van der Waals surface area contributed by atoms with Crippen LogP contribution in [0.4, 0.5) is 4.79 Å². The van der Waals surface area contributed by atoms with Crippen LogP contribution in [0.1, 0.15) is 54.4 Å². The number of imide groups is 1. The van der Waals surface area contributed by atoms with Crippen molar-refractivity contribution in [3.05, 3.63) is 70.8 Å². The van der Waals surface area contributed by atoms with Gasteiger partial charge in [0.1, 0.15) is 0 Å². The number of carbonyl (C=O) groups excluding carboxylic acids is 3. The Labute approximate surface area is 254 Å². The van der Waals surface area contributed by atoms with E-state index >= 15 is 0 Å². The Kier molecular flexibility index (Phi) is 10.1. The van der Waals surface area contributed by atoms with Crippen molar-refractivity contribution in [3.8, 4) is 0 Å². The second kappa shape index (κ2) is 14.2. The van der Waals surface area contributed by atoms with Gasteiger partial charge in [-0.15, -0.1) is 0 Å². The minimum absolute atomic E-state index is 0.00317. The van der Waals surface area contributed by atoms with Crippen LogP contribution in [0.15, 0.2) is 48.5 Å². The number of amides is 4. The van der Waals surface area contributed by atoms with Crippen molar-refractivity contribution < 1.29 is 24.3 Å². The van der Waals surface area contributed by atoms with Gasteiger partial charge < -0.3 is 20.2 Å². The number of rotatable bonds is 10. The summed E-state index contributed by atoms with van der Waals surface area (Å²) in [6.45, 7) is 5.13. The molecular formula is C34H44N4O5. The van der Waals surface area contributed by atoms with Gasteiger partial charge in [-0.3, -0.25) is 9.59 Å². The summed E-state index contributed by atoms with van der Waals surface area (Å²) < 4.78 is 0. The van der Waals surface area contributed by atoms with Crippen LogP contribution in [0.3, 0.4) is 0 Å². The van der Waals surface area contributed by atoms with E-state index in [9.17, 15) is 24.3 Å². The van der Waals surface area contributed by atoms with Crippen LogP contribution in [0.5, 0.6) is 0 Å². The summed E-state index contributed by atoms with van der Waals surface area (Å²) in [5, 5.41) is 13.1. The number of aliphatic carboxylic acids is 1. The Bertz CT molecular complexity index is 1280. The maximum Gasteiger partial charge on any atom is 0.327 e. The highest BCUT2D eigenvalue weighted by atomic mass is 16.4. The topological polar surface area (TPSA) is 110 Å². The summed E-state index contributed by atoms with van der Waals surface area (Å²) in [7, 11) is 0. The zero-order chi connectivity index (χ0) is 30.3. The molecule has 2 atom stereocenters. The minimum atomic E-state index is -1.13. The van der Waals surface area contributed by atoms with E-state index in [-0.39, 0.29) is 24.9 Å². The number of hydrogen-bond acceptors (Lipinski definition) is 5. The largest absolute Gasteiger partial charge is 0.480 e. The van der Waals surface area contributed by atoms with Crippen LogP contribution in [-0.2, 0) is 33.6 Å². The number of carboxylic acids is 1. The standard InChI is InChI=1S/C34H44N4O5/c1-24-6-8-25(9-7-24)4-2-3-5-26-10-12-27(13-11-26)23-30(39)36-18-20-37(21-19-36)34(43)38-31(33(41)42)29(32(38)40)22-28-14-16-35-17-15-28/h6-13,28-29,31,35H,2-5,14-23H2,1H3,(H,41,42)/t29-,31+/m1/s1. The zero-order valence-corrected chi connectivity index (χ0v) is 25.2. The third-order valence-electron chi connectivity index (χ3n) is 9.30. The molecule has 4 amide bonds. The lowest BCUT2D eigenvalue weighted by molar-refractivity contribution is -0.167. The number of carbonyl (C=O) groups is 4. The molecule has 2 aromatic carbocycles. The molecule has 9 heteroatoms. The van der Waals surface area contributed by atoms with E-state index in [0.717, 1.165) is 62.1 Å². The maximum absolute atomic E-state index is 13.2. The molecule has 0 bridgehead atoms. The van der Waals surface area contributed by atoms with E-state index in [0.29, 0.717) is 31.8 Å². The Balaban J connectivity index is 1.04. The number of likely N-dealkylation sites (tertiary alicyclic amines) is 1. The number of piperidine rings is 1. The first-order valence-electron chi connectivity index (χ1n) is 15.8. The lowest BCUT2D eigenvalue weighted by Gasteiger charge is -2.47. The summed E-state index contributed by atoms with van der Waals surface area (Å²) in [4.78, 5) is 55.3. The van der Waals surface area contributed by atoms with Gasteiger partial charge in [-0.25, -0.2) is 14.5 Å². The summed E-state index contributed by atoms with van der Waals surface area (Å²) in [6.07, 6.45) is 6.99. The van der Waals surface area contributed by atoms with Gasteiger partial charge in [0.15, 0.2) is 6.04 Å². The fraction of sp³-hybridized carbons (Fsp3) is 0.529. The number of piperazine rings is 1. The number of hydrogen-bond donors (Lipinski definition) is 2. The Morgan fingerprint density at radius 3 is 1.93 bits per heavy atom. The van der Waals surface area contributed by atoms with Crippen molar-refractivity contribution in [2.75, 3.05) is 39.3 Å². The molecule has 3 fully saturated rings. The number of unbranched alkanes of at least 4 members (excludes halogenated alkanes) is 1. The van der Waals surface area contributed by atoms with Crippen LogP contribution in [0, 0.1) is 18.8 Å². The van der Waals surface area contributed by atoms with Crippen molar-refractivity contribution >= 4 is 23.8 Å². The van der Waals surface area contributed by atoms with Crippen LogP contribution >= 0.6 is 0 Å². The summed E-state index contributed by atoms with van der Waals surface area (Å²) >= 11 is 0. The first-order chi connectivity index (χ1) is 20.8. The van der Waals surface area contributed by atoms with E-state index in [1.807, 2.05) is 12.1 Å². The SMILES string of the molecule is Cc1ccc(CCCCc2ccc(CC(=O)N3CCN(C(=O)N4C(=O)[C@H](CC5CCNCC5)[C@H]4C(=O)O)CC3)cc2)cc1. The van der Waals surface area contributed by atoms with Crippen LogP contribution in [-0.4, -0.2) is 88.9 Å². The monoisotopic (exact) mass is 588 g/mol. The fourth-order valence-electron chi connectivity index (χ4n) is 6.57. The Morgan fingerprint density at radius 2 is 1.35 bits per heavy atom. The predicted molar refractivity (Wildman–Crippen MR) is 163 cm³/mol. The highest BCUT2D eigenvalue weighted by molar-refractivity contribution is 6.07. The number of nitrogens with one attached hydrogen (secondary N) is 1. The van der Waals surface area contributed by atoms with Crippen LogP contribution in [0.25, 0.3) is 0 Å². The van der Waals surface area contributed by atoms with E-state index in [1.165, 1.54) is 21.6 Å². The predicted octanol–water partition coefficient (Wildman–Crippen LogP) is 3.67. The number of nitrogens with zero attached hydrogens (tertiary/aromatic N) is 3. The molecule has 0 radical (unpaired) electrons. The first-order valence-corrected chi connectivity index (χ1v) is 15.8. The van der Waals surface area contributed by atoms with E-state index < -0.39 is 24.0 Å². The molecule has 2 N–H and O–H groups in total. The quantitative estimate of drug-likeness (QED) is 0.324. The van der Waals surface area contributed by atoms with Crippen LogP contribution < -0.4 is 5.32 Å². The van der Waals surface area contributed by atoms with E-state index in [2.05, 4.69) is 48.6 Å².